The van der Waals surface area contributed by atoms with Crippen molar-refractivity contribution in [2.24, 2.45) is 5.92 Å². The van der Waals surface area contributed by atoms with Gasteiger partial charge in [0.2, 0.25) is 5.91 Å². The Morgan fingerprint density at radius 1 is 1.15 bits per heavy atom. The Hall–Kier alpha value is -2.26. The third kappa shape index (κ3) is 7.32. The van der Waals surface area contributed by atoms with E-state index >= 15 is 0 Å². The van der Waals surface area contributed by atoms with Crippen LogP contribution in [0.1, 0.15) is 19.4 Å². The van der Waals surface area contributed by atoms with E-state index < -0.39 is 30.1 Å². The molecule has 26 heavy (non-hydrogen) atoms. The summed E-state index contributed by atoms with van der Waals surface area (Å²) in [6, 6.07) is 7.13. The Morgan fingerprint density at radius 2 is 1.81 bits per heavy atom. The number of carbonyl (C=O) groups is 3. The molecule has 0 bridgehead atoms. The number of esters is 1. The number of hydrogen-bond donors (Lipinski definition) is 3. The Bertz CT molecular complexity index is 596. The maximum Gasteiger partial charge on any atom is 0.408 e. The summed E-state index contributed by atoms with van der Waals surface area (Å²) < 4.78 is 18.8. The lowest BCUT2D eigenvalue weighted by atomic mass is 10.0. The molecule has 8 nitrogen and oxygen atoms in total. The van der Waals surface area contributed by atoms with Crippen LogP contribution in [-0.2, 0) is 25.7 Å². The lowest BCUT2D eigenvalue weighted by Gasteiger charge is -2.23. The first-order chi connectivity index (χ1) is 12.4. The van der Waals surface area contributed by atoms with Crippen molar-refractivity contribution in [1.82, 2.24) is 10.6 Å². The van der Waals surface area contributed by atoms with E-state index in [1.54, 1.807) is 26.0 Å². The average molecular weight is 384 g/mol. The number of hydrogen-bond acceptors (Lipinski definition) is 7. The van der Waals surface area contributed by atoms with Gasteiger partial charge in [0.15, 0.2) is 0 Å². The number of rotatable bonds is 9. The SMILES string of the molecule is COC(=O)[C@@H](NC(=O)[C@H](CSO)NC(=O)OCc1ccccc1)C(C)C. The fourth-order valence-electron chi connectivity index (χ4n) is 2.04. The lowest BCUT2D eigenvalue weighted by molar-refractivity contribution is -0.146. The van der Waals surface area contributed by atoms with Gasteiger partial charge in [-0.25, -0.2) is 9.59 Å². The van der Waals surface area contributed by atoms with Gasteiger partial charge in [-0.2, -0.15) is 0 Å². The van der Waals surface area contributed by atoms with E-state index in [2.05, 4.69) is 15.4 Å². The number of alkyl carbamates (subject to hydrolysis) is 1. The predicted molar refractivity (Wildman–Crippen MR) is 97.4 cm³/mol. The van der Waals surface area contributed by atoms with Gasteiger partial charge in [0.05, 0.1) is 7.11 Å². The van der Waals surface area contributed by atoms with Crippen LogP contribution in [-0.4, -0.2) is 47.5 Å². The fourth-order valence-corrected chi connectivity index (χ4v) is 2.43. The first-order valence-corrected chi connectivity index (χ1v) is 8.95. The van der Waals surface area contributed by atoms with Crippen molar-refractivity contribution in [2.45, 2.75) is 32.5 Å². The highest BCUT2D eigenvalue weighted by Gasteiger charge is 2.29. The lowest BCUT2D eigenvalue weighted by Crippen LogP contribution is -2.54. The zero-order valence-corrected chi connectivity index (χ0v) is 15.7. The molecule has 9 heteroatoms. The molecule has 0 unspecified atom stereocenters. The molecule has 0 radical (unpaired) electrons. The molecule has 0 aliphatic rings. The molecule has 1 aromatic carbocycles. The normalized spacial score (nSPS) is 12.8. The highest BCUT2D eigenvalue weighted by atomic mass is 32.2. The maximum absolute atomic E-state index is 12.4. The molecule has 1 aromatic rings. The summed E-state index contributed by atoms with van der Waals surface area (Å²) in [5, 5.41) is 4.91. The van der Waals surface area contributed by atoms with E-state index in [9.17, 15) is 14.4 Å². The van der Waals surface area contributed by atoms with Crippen LogP contribution in [0.3, 0.4) is 0 Å². The van der Waals surface area contributed by atoms with E-state index in [0.717, 1.165) is 5.56 Å². The molecule has 2 atom stereocenters. The van der Waals surface area contributed by atoms with Crippen LogP contribution < -0.4 is 10.6 Å². The molecule has 0 aromatic heterocycles. The van der Waals surface area contributed by atoms with Gasteiger partial charge in [0.25, 0.3) is 0 Å². The molecule has 0 fully saturated rings. The van der Waals surface area contributed by atoms with E-state index in [4.69, 9.17) is 9.29 Å². The van der Waals surface area contributed by atoms with Gasteiger partial charge in [0.1, 0.15) is 18.7 Å². The molecule has 144 valence electrons. The van der Waals surface area contributed by atoms with Crippen LogP contribution >= 0.6 is 12.0 Å². The monoisotopic (exact) mass is 384 g/mol. The van der Waals surface area contributed by atoms with E-state index in [-0.39, 0.29) is 18.3 Å². The second kappa shape index (κ2) is 11.4. The van der Waals surface area contributed by atoms with Crippen LogP contribution in [0.5, 0.6) is 0 Å². The summed E-state index contributed by atoms with van der Waals surface area (Å²) in [5.74, 6) is -1.51. The second-order valence-electron chi connectivity index (χ2n) is 5.81. The zero-order valence-electron chi connectivity index (χ0n) is 14.9. The van der Waals surface area contributed by atoms with E-state index in [0.29, 0.717) is 12.0 Å². The topological polar surface area (TPSA) is 114 Å². The molecule has 2 amide bonds. The van der Waals surface area contributed by atoms with Crippen molar-refractivity contribution in [2.75, 3.05) is 12.9 Å². The number of carbonyl (C=O) groups excluding carboxylic acids is 3. The molecule has 0 aliphatic heterocycles. The van der Waals surface area contributed by atoms with Gasteiger partial charge >= 0.3 is 12.1 Å². The molecular formula is C17H24N2O6S. The van der Waals surface area contributed by atoms with Crippen LogP contribution in [0.15, 0.2) is 30.3 Å². The van der Waals surface area contributed by atoms with Crippen molar-refractivity contribution < 1.29 is 28.4 Å². The van der Waals surface area contributed by atoms with Gasteiger partial charge in [-0.1, -0.05) is 44.2 Å². The first kappa shape index (κ1) is 21.8. The van der Waals surface area contributed by atoms with Crippen molar-refractivity contribution in [3.63, 3.8) is 0 Å². The molecule has 3 N–H and O–H groups in total. The predicted octanol–water partition coefficient (Wildman–Crippen LogP) is 1.80. The summed E-state index contributed by atoms with van der Waals surface area (Å²) in [5.41, 5.74) is 0.797. The third-order valence-electron chi connectivity index (χ3n) is 3.48. The number of methoxy groups -OCH3 is 1. The molecule has 0 spiro atoms. The molecule has 0 saturated carbocycles. The zero-order chi connectivity index (χ0) is 19.5. The second-order valence-corrected chi connectivity index (χ2v) is 6.40. The Kier molecular flexibility index (Phi) is 9.53. The van der Waals surface area contributed by atoms with E-state index in [1.165, 1.54) is 7.11 Å². The maximum atomic E-state index is 12.4. The number of amides is 2. The average Bonchev–Trinajstić information content (AvgIpc) is 2.63. The highest BCUT2D eigenvalue weighted by molar-refractivity contribution is 7.93. The Balaban J connectivity index is 2.63. The largest absolute Gasteiger partial charge is 0.467 e. The van der Waals surface area contributed by atoms with Crippen molar-refractivity contribution >= 4 is 30.0 Å². The summed E-state index contributed by atoms with van der Waals surface area (Å²) in [6.45, 7) is 3.54. The summed E-state index contributed by atoms with van der Waals surface area (Å²) in [4.78, 5) is 36.0. The third-order valence-corrected chi connectivity index (χ3v) is 3.96. The van der Waals surface area contributed by atoms with Gasteiger partial charge in [0, 0.05) is 5.75 Å². The fraction of sp³-hybridized carbons (Fsp3) is 0.471. The highest BCUT2D eigenvalue weighted by Crippen LogP contribution is 2.06. The standard InChI is InChI=1S/C17H24N2O6S/c1-11(2)14(16(21)24-3)19-15(20)13(10-26-23)18-17(22)25-9-12-7-5-4-6-8-12/h4-8,11,13-14,23H,9-10H2,1-3H3,(H,18,22)(H,19,20)/t13-,14-/m0/s1. The van der Waals surface area contributed by atoms with Crippen molar-refractivity contribution in [3.05, 3.63) is 35.9 Å². The first-order valence-electron chi connectivity index (χ1n) is 8.00. The smallest absolute Gasteiger partial charge is 0.408 e. The molecule has 1 rings (SSSR count). The molecule has 0 aliphatic carbocycles. The van der Waals surface area contributed by atoms with Gasteiger partial charge < -0.3 is 24.7 Å². The minimum Gasteiger partial charge on any atom is -0.467 e. The minimum absolute atomic E-state index is 0.0457. The number of ether oxygens (including phenoxy) is 2. The molecule has 0 heterocycles. The Labute approximate surface area is 156 Å². The van der Waals surface area contributed by atoms with Gasteiger partial charge in [-0.3, -0.25) is 4.79 Å². The summed E-state index contributed by atoms with van der Waals surface area (Å²) >= 11 is 0.397. The van der Waals surface area contributed by atoms with Crippen molar-refractivity contribution in [3.8, 4) is 0 Å². The quantitative estimate of drug-likeness (QED) is 0.439. The van der Waals surface area contributed by atoms with Gasteiger partial charge in [-0.15, -0.1) is 0 Å². The van der Waals surface area contributed by atoms with E-state index in [1.807, 2.05) is 18.2 Å². The summed E-state index contributed by atoms with van der Waals surface area (Å²) in [7, 11) is 1.23. The summed E-state index contributed by atoms with van der Waals surface area (Å²) in [6.07, 6.45) is -0.804. The van der Waals surface area contributed by atoms with Crippen LogP contribution in [0.2, 0.25) is 0 Å². The van der Waals surface area contributed by atoms with Gasteiger partial charge in [-0.05, 0) is 23.5 Å². The Morgan fingerprint density at radius 3 is 2.35 bits per heavy atom. The molecular weight excluding hydrogens is 360 g/mol. The van der Waals surface area contributed by atoms with Crippen LogP contribution in [0.25, 0.3) is 0 Å². The van der Waals surface area contributed by atoms with Crippen LogP contribution in [0.4, 0.5) is 4.79 Å². The minimum atomic E-state index is -1.07. The number of nitrogens with one attached hydrogen (secondary N) is 2. The van der Waals surface area contributed by atoms with Crippen LogP contribution in [0, 0.1) is 5.92 Å². The number of benzene rings is 1. The molecule has 0 saturated heterocycles. The van der Waals surface area contributed by atoms with Crippen molar-refractivity contribution in [1.29, 1.82) is 0 Å².